The molecule has 2 N–H and O–H groups in total. The van der Waals surface area contributed by atoms with Crippen LogP contribution in [0.25, 0.3) is 10.8 Å². The SMILES string of the molecule is CC(C)CNC(=O)c1ccc(OCCCNCc2ccnc(CCn3ccc4ccccc4c3=O)c2)cc1.Cl.Cl. The lowest BCUT2D eigenvalue weighted by Crippen LogP contribution is -2.27. The first-order chi connectivity index (χ1) is 18.5. The molecule has 0 radical (unpaired) electrons. The van der Waals surface area contributed by atoms with E-state index in [1.54, 1.807) is 16.7 Å². The van der Waals surface area contributed by atoms with E-state index in [9.17, 15) is 9.59 Å². The van der Waals surface area contributed by atoms with Gasteiger partial charge in [0.2, 0.25) is 0 Å². The van der Waals surface area contributed by atoms with E-state index in [0.717, 1.165) is 47.3 Å². The smallest absolute Gasteiger partial charge is 0.258 e. The average Bonchev–Trinajstić information content (AvgIpc) is 2.94. The monoisotopic (exact) mass is 584 g/mol. The molecule has 0 spiro atoms. The lowest BCUT2D eigenvalue weighted by Gasteiger charge is -2.10. The standard InChI is InChI=1S/C31H36N4O3.2ClH/c1-23(2)21-34-30(36)26-8-10-28(11-9-26)38-19-5-15-32-22-24-12-16-33-27(20-24)14-18-35-17-13-25-6-3-4-7-29(25)31(35)37;;/h3-4,6-13,16-17,20,23,32H,5,14-15,18-19,21-22H2,1-2H3,(H,34,36);2*1H. The summed E-state index contributed by atoms with van der Waals surface area (Å²) in [5.41, 5.74) is 2.80. The molecule has 2 heterocycles. The quantitative estimate of drug-likeness (QED) is 0.205. The number of hydrogen-bond donors (Lipinski definition) is 2. The molecule has 0 unspecified atom stereocenters. The zero-order valence-electron chi connectivity index (χ0n) is 23.0. The van der Waals surface area contributed by atoms with Crippen LogP contribution >= 0.6 is 24.8 Å². The van der Waals surface area contributed by atoms with Crippen LogP contribution in [0.3, 0.4) is 0 Å². The summed E-state index contributed by atoms with van der Waals surface area (Å²) in [5, 5.41) is 8.07. The normalized spacial score (nSPS) is 10.6. The Morgan fingerprint density at radius 2 is 1.80 bits per heavy atom. The van der Waals surface area contributed by atoms with E-state index < -0.39 is 0 Å². The molecule has 40 heavy (non-hydrogen) atoms. The molecule has 0 aliphatic rings. The van der Waals surface area contributed by atoms with Gasteiger partial charge in [-0.1, -0.05) is 32.0 Å². The highest BCUT2D eigenvalue weighted by molar-refractivity contribution is 5.94. The zero-order valence-corrected chi connectivity index (χ0v) is 24.6. The number of halogens is 2. The number of benzene rings is 2. The Morgan fingerprint density at radius 1 is 1.02 bits per heavy atom. The first kappa shape index (κ1) is 32.8. The second-order valence-corrected chi connectivity index (χ2v) is 9.81. The van der Waals surface area contributed by atoms with Crippen LogP contribution in [0, 0.1) is 5.92 Å². The van der Waals surface area contributed by atoms with Gasteiger partial charge in [0.25, 0.3) is 11.5 Å². The first-order valence-corrected chi connectivity index (χ1v) is 13.2. The van der Waals surface area contributed by atoms with Crippen molar-refractivity contribution in [2.24, 2.45) is 5.92 Å². The summed E-state index contributed by atoms with van der Waals surface area (Å²) >= 11 is 0. The van der Waals surface area contributed by atoms with E-state index in [2.05, 4.69) is 35.5 Å². The maximum Gasteiger partial charge on any atom is 0.258 e. The minimum atomic E-state index is -0.0590. The predicted octanol–water partition coefficient (Wildman–Crippen LogP) is 5.43. The van der Waals surface area contributed by atoms with Gasteiger partial charge in [0.05, 0.1) is 6.61 Å². The first-order valence-electron chi connectivity index (χ1n) is 13.2. The van der Waals surface area contributed by atoms with Crippen LogP contribution in [0.5, 0.6) is 5.75 Å². The lowest BCUT2D eigenvalue weighted by molar-refractivity contribution is 0.0949. The van der Waals surface area contributed by atoms with Gasteiger partial charge in [-0.15, -0.1) is 24.8 Å². The Labute approximate surface area is 248 Å². The van der Waals surface area contributed by atoms with Gasteiger partial charge in [0.15, 0.2) is 0 Å². The van der Waals surface area contributed by atoms with Gasteiger partial charge in [-0.25, -0.2) is 0 Å². The number of pyridine rings is 2. The topological polar surface area (TPSA) is 85.2 Å². The third-order valence-corrected chi connectivity index (χ3v) is 6.26. The van der Waals surface area contributed by atoms with Crippen molar-refractivity contribution in [3.05, 3.63) is 106 Å². The second kappa shape index (κ2) is 16.7. The van der Waals surface area contributed by atoms with E-state index in [1.807, 2.05) is 60.9 Å². The van der Waals surface area contributed by atoms with Crippen molar-refractivity contribution in [2.75, 3.05) is 19.7 Å². The molecule has 4 aromatic rings. The van der Waals surface area contributed by atoms with Crippen LogP contribution in [0.1, 0.15) is 41.9 Å². The summed E-state index contributed by atoms with van der Waals surface area (Å²) in [7, 11) is 0. The predicted molar refractivity (Wildman–Crippen MR) is 166 cm³/mol. The van der Waals surface area contributed by atoms with Crippen LogP contribution in [-0.4, -0.2) is 35.2 Å². The van der Waals surface area contributed by atoms with E-state index >= 15 is 0 Å². The molecule has 2 aromatic heterocycles. The van der Waals surface area contributed by atoms with Crippen molar-refractivity contribution in [3.63, 3.8) is 0 Å². The lowest BCUT2D eigenvalue weighted by atomic mass is 10.1. The van der Waals surface area contributed by atoms with Gasteiger partial charge in [-0.3, -0.25) is 14.6 Å². The highest BCUT2D eigenvalue weighted by Crippen LogP contribution is 2.13. The number of hydrogen-bond acceptors (Lipinski definition) is 5. The fourth-order valence-electron chi connectivity index (χ4n) is 4.14. The van der Waals surface area contributed by atoms with Gasteiger partial charge < -0.3 is 19.9 Å². The highest BCUT2D eigenvalue weighted by atomic mass is 35.5. The molecule has 2 aromatic carbocycles. The molecule has 9 heteroatoms. The van der Waals surface area contributed by atoms with E-state index in [0.29, 0.717) is 37.6 Å². The number of carbonyl (C=O) groups is 1. The zero-order chi connectivity index (χ0) is 26.7. The number of rotatable bonds is 13. The summed E-state index contributed by atoms with van der Waals surface area (Å²) in [6.45, 7) is 7.55. The minimum absolute atomic E-state index is 0. The van der Waals surface area contributed by atoms with Crippen molar-refractivity contribution < 1.29 is 9.53 Å². The molecule has 0 aliphatic heterocycles. The molecular weight excluding hydrogens is 547 g/mol. The Kier molecular flexibility index (Phi) is 13.7. The number of amides is 1. The third kappa shape index (κ3) is 9.66. The summed E-state index contributed by atoms with van der Waals surface area (Å²) in [4.78, 5) is 29.3. The Bertz CT molecular complexity index is 1410. The number of fused-ring (bicyclic) bond motifs is 1. The van der Waals surface area contributed by atoms with Crippen LogP contribution in [-0.2, 0) is 19.5 Å². The summed E-state index contributed by atoms with van der Waals surface area (Å²) in [5.74, 6) is 1.12. The van der Waals surface area contributed by atoms with Crippen LogP contribution in [0.4, 0.5) is 0 Å². The second-order valence-electron chi connectivity index (χ2n) is 9.81. The maximum absolute atomic E-state index is 12.7. The third-order valence-electron chi connectivity index (χ3n) is 6.26. The molecule has 7 nitrogen and oxygen atoms in total. The van der Waals surface area contributed by atoms with E-state index in [-0.39, 0.29) is 36.3 Å². The van der Waals surface area contributed by atoms with Crippen LogP contribution in [0.15, 0.2) is 83.9 Å². The fourth-order valence-corrected chi connectivity index (χ4v) is 4.14. The van der Waals surface area contributed by atoms with Crippen molar-refractivity contribution in [1.29, 1.82) is 0 Å². The summed E-state index contributed by atoms with van der Waals surface area (Å²) in [6, 6.07) is 21.0. The fraction of sp³-hybridized carbons (Fsp3) is 0.323. The molecule has 0 aliphatic carbocycles. The maximum atomic E-state index is 12.7. The molecular formula is C31H38Cl2N4O3. The number of ether oxygens (including phenoxy) is 1. The number of nitrogens with zero attached hydrogens (tertiary/aromatic N) is 2. The number of aryl methyl sites for hydroxylation is 2. The molecule has 0 fully saturated rings. The molecule has 0 saturated heterocycles. The molecule has 0 bridgehead atoms. The van der Waals surface area contributed by atoms with Crippen molar-refractivity contribution in [3.8, 4) is 5.75 Å². The highest BCUT2D eigenvalue weighted by Gasteiger charge is 2.07. The molecule has 0 saturated carbocycles. The van der Waals surface area contributed by atoms with Gasteiger partial charge in [-0.05, 0) is 78.4 Å². The summed E-state index contributed by atoms with van der Waals surface area (Å²) in [6.07, 6.45) is 5.24. The number of aromatic nitrogens is 2. The molecule has 0 atom stereocenters. The van der Waals surface area contributed by atoms with Crippen LogP contribution in [0.2, 0.25) is 0 Å². The van der Waals surface area contributed by atoms with Gasteiger partial charge >= 0.3 is 0 Å². The van der Waals surface area contributed by atoms with Crippen molar-refractivity contribution in [2.45, 2.75) is 39.8 Å². The van der Waals surface area contributed by atoms with Gasteiger partial charge in [0, 0.05) is 55.1 Å². The van der Waals surface area contributed by atoms with Crippen molar-refractivity contribution >= 4 is 41.5 Å². The minimum Gasteiger partial charge on any atom is -0.494 e. The average molecular weight is 586 g/mol. The number of nitrogens with one attached hydrogen (secondary N) is 2. The summed E-state index contributed by atoms with van der Waals surface area (Å²) < 4.78 is 7.57. The van der Waals surface area contributed by atoms with E-state index in [1.165, 1.54) is 0 Å². The van der Waals surface area contributed by atoms with Crippen LogP contribution < -0.4 is 20.9 Å². The Balaban J connectivity index is 0.00000280. The number of carbonyl (C=O) groups excluding carboxylic acids is 1. The molecule has 4 rings (SSSR count). The largest absolute Gasteiger partial charge is 0.494 e. The van der Waals surface area contributed by atoms with Gasteiger partial charge in [0.1, 0.15) is 5.75 Å². The van der Waals surface area contributed by atoms with Crippen molar-refractivity contribution in [1.82, 2.24) is 20.2 Å². The Hall–Kier alpha value is -3.39. The Morgan fingerprint density at radius 3 is 2.58 bits per heavy atom. The molecule has 214 valence electrons. The van der Waals surface area contributed by atoms with Gasteiger partial charge in [-0.2, -0.15) is 0 Å². The van der Waals surface area contributed by atoms with E-state index in [4.69, 9.17) is 4.74 Å². The molecule has 1 amide bonds.